The van der Waals surface area contributed by atoms with Gasteiger partial charge in [0.05, 0.1) is 26.3 Å². The number of ether oxygens (including phenoxy) is 1. The van der Waals surface area contributed by atoms with Gasteiger partial charge in [0.25, 0.3) is 0 Å². The van der Waals surface area contributed by atoms with Crippen LogP contribution in [0, 0.1) is 5.82 Å². The van der Waals surface area contributed by atoms with Gasteiger partial charge in [0, 0.05) is 6.54 Å². The fraction of sp³-hybridized carbons (Fsp3) is 0.438. The summed E-state index contributed by atoms with van der Waals surface area (Å²) in [4.78, 5) is 14.1. The molecule has 0 spiro atoms. The molecule has 7 nitrogen and oxygen atoms in total. The second-order valence-corrected chi connectivity index (χ2v) is 5.95. The molecule has 1 atom stereocenters. The molecular formula is C16H19FN4O3. The summed E-state index contributed by atoms with van der Waals surface area (Å²) >= 11 is 0. The monoisotopic (exact) mass is 334 g/mol. The predicted molar refractivity (Wildman–Crippen MR) is 82.7 cm³/mol. The third-order valence-electron chi connectivity index (χ3n) is 4.29. The van der Waals surface area contributed by atoms with E-state index in [1.165, 1.54) is 25.4 Å². The highest BCUT2D eigenvalue weighted by atomic mass is 19.1. The van der Waals surface area contributed by atoms with Crippen molar-refractivity contribution in [2.75, 3.05) is 20.2 Å². The van der Waals surface area contributed by atoms with Crippen LogP contribution >= 0.6 is 0 Å². The Morgan fingerprint density at radius 3 is 3.04 bits per heavy atom. The Kier molecular flexibility index (Phi) is 4.48. The van der Waals surface area contributed by atoms with E-state index in [2.05, 4.69) is 15.4 Å². The molecule has 1 fully saturated rings. The van der Waals surface area contributed by atoms with Gasteiger partial charge in [-0.2, -0.15) is 15.4 Å². The fourth-order valence-corrected chi connectivity index (χ4v) is 2.99. The number of β-amino-alcohol motifs (C(OH)–C–C–N with tert-alkyl or cyclic N) is 1. The molecule has 1 amide bonds. The SMILES string of the molecule is COc1ccc(CC(=O)N2CCCC(O)(c3cn[nH]n3)C2)cc1F. The third-order valence-corrected chi connectivity index (χ3v) is 4.29. The number of methoxy groups -OCH3 is 1. The largest absolute Gasteiger partial charge is 0.494 e. The van der Waals surface area contributed by atoms with E-state index in [1.807, 2.05) is 0 Å². The molecule has 2 heterocycles. The number of piperidine rings is 1. The van der Waals surface area contributed by atoms with Crippen molar-refractivity contribution in [3.63, 3.8) is 0 Å². The number of likely N-dealkylation sites (tertiary alicyclic amines) is 1. The highest BCUT2D eigenvalue weighted by Crippen LogP contribution is 2.30. The minimum Gasteiger partial charge on any atom is -0.494 e. The molecule has 0 radical (unpaired) electrons. The van der Waals surface area contributed by atoms with Crippen molar-refractivity contribution < 1.29 is 19.0 Å². The summed E-state index contributed by atoms with van der Waals surface area (Å²) in [5.41, 5.74) is -0.212. The van der Waals surface area contributed by atoms with Gasteiger partial charge >= 0.3 is 0 Å². The quantitative estimate of drug-likeness (QED) is 0.870. The highest BCUT2D eigenvalue weighted by molar-refractivity contribution is 5.79. The van der Waals surface area contributed by atoms with Gasteiger partial charge in [-0.3, -0.25) is 4.79 Å². The summed E-state index contributed by atoms with van der Waals surface area (Å²) in [7, 11) is 1.39. The van der Waals surface area contributed by atoms with Crippen molar-refractivity contribution in [3.8, 4) is 5.75 Å². The van der Waals surface area contributed by atoms with Crippen LogP contribution in [0.5, 0.6) is 5.75 Å². The van der Waals surface area contributed by atoms with Gasteiger partial charge in [-0.05, 0) is 30.5 Å². The van der Waals surface area contributed by atoms with Crippen LogP contribution in [-0.4, -0.2) is 51.5 Å². The Bertz CT molecular complexity index is 722. The first-order valence-electron chi connectivity index (χ1n) is 7.71. The van der Waals surface area contributed by atoms with Crippen LogP contribution in [0.1, 0.15) is 24.1 Å². The topological polar surface area (TPSA) is 91.3 Å². The molecule has 0 aliphatic carbocycles. The van der Waals surface area contributed by atoms with E-state index in [9.17, 15) is 14.3 Å². The fourth-order valence-electron chi connectivity index (χ4n) is 2.99. The lowest BCUT2D eigenvalue weighted by Gasteiger charge is -2.38. The lowest BCUT2D eigenvalue weighted by molar-refractivity contribution is -0.138. The first-order chi connectivity index (χ1) is 11.5. The Labute approximate surface area is 138 Å². The Balaban J connectivity index is 1.70. The van der Waals surface area contributed by atoms with E-state index < -0.39 is 11.4 Å². The number of carbonyl (C=O) groups is 1. The van der Waals surface area contributed by atoms with Crippen molar-refractivity contribution >= 4 is 5.91 Å². The molecule has 1 saturated heterocycles. The number of rotatable bonds is 4. The van der Waals surface area contributed by atoms with Crippen LogP contribution in [0.4, 0.5) is 4.39 Å². The van der Waals surface area contributed by atoms with Crippen LogP contribution in [0.25, 0.3) is 0 Å². The number of nitrogens with zero attached hydrogens (tertiary/aromatic N) is 3. The number of aromatic nitrogens is 3. The summed E-state index contributed by atoms with van der Waals surface area (Å²) in [6.07, 6.45) is 2.70. The highest BCUT2D eigenvalue weighted by Gasteiger charge is 2.38. The van der Waals surface area contributed by atoms with Crippen molar-refractivity contribution in [2.45, 2.75) is 24.9 Å². The van der Waals surface area contributed by atoms with Gasteiger partial charge in [0.2, 0.25) is 5.91 Å². The zero-order chi connectivity index (χ0) is 17.2. The number of hydrogen-bond acceptors (Lipinski definition) is 5. The van der Waals surface area contributed by atoms with E-state index in [0.29, 0.717) is 30.6 Å². The number of H-pyrrole nitrogens is 1. The van der Waals surface area contributed by atoms with Gasteiger partial charge in [-0.1, -0.05) is 6.07 Å². The van der Waals surface area contributed by atoms with Crippen molar-refractivity contribution in [1.29, 1.82) is 0 Å². The summed E-state index contributed by atoms with van der Waals surface area (Å²) in [6, 6.07) is 4.46. The molecule has 1 unspecified atom stereocenters. The first kappa shape index (κ1) is 16.4. The Morgan fingerprint density at radius 2 is 2.38 bits per heavy atom. The van der Waals surface area contributed by atoms with Crippen LogP contribution in [-0.2, 0) is 16.8 Å². The third kappa shape index (κ3) is 3.23. The summed E-state index contributed by atoms with van der Waals surface area (Å²) in [5, 5.41) is 20.9. The number of hydrogen-bond donors (Lipinski definition) is 2. The van der Waals surface area contributed by atoms with Gasteiger partial charge in [0.1, 0.15) is 11.3 Å². The van der Waals surface area contributed by atoms with E-state index in [4.69, 9.17) is 4.74 Å². The second kappa shape index (κ2) is 6.56. The van der Waals surface area contributed by atoms with Crippen LogP contribution in [0.2, 0.25) is 0 Å². The zero-order valence-electron chi connectivity index (χ0n) is 13.3. The van der Waals surface area contributed by atoms with Crippen molar-refractivity contribution in [1.82, 2.24) is 20.3 Å². The number of nitrogens with one attached hydrogen (secondary N) is 1. The van der Waals surface area contributed by atoms with Gasteiger partial charge < -0.3 is 14.7 Å². The molecule has 8 heteroatoms. The average Bonchev–Trinajstić information content (AvgIpc) is 3.10. The van der Waals surface area contributed by atoms with E-state index in [1.54, 1.807) is 11.0 Å². The lowest BCUT2D eigenvalue weighted by Crippen LogP contribution is -2.49. The number of aromatic amines is 1. The molecule has 0 bridgehead atoms. The van der Waals surface area contributed by atoms with Crippen LogP contribution < -0.4 is 4.74 Å². The maximum absolute atomic E-state index is 13.7. The molecule has 1 aromatic heterocycles. The number of aliphatic hydroxyl groups is 1. The second-order valence-electron chi connectivity index (χ2n) is 5.95. The van der Waals surface area contributed by atoms with Crippen LogP contribution in [0.15, 0.2) is 24.4 Å². The Morgan fingerprint density at radius 1 is 1.54 bits per heavy atom. The summed E-state index contributed by atoms with van der Waals surface area (Å²) in [6.45, 7) is 0.703. The van der Waals surface area contributed by atoms with Crippen molar-refractivity contribution in [3.05, 3.63) is 41.5 Å². The first-order valence-corrected chi connectivity index (χ1v) is 7.71. The smallest absolute Gasteiger partial charge is 0.227 e. The maximum Gasteiger partial charge on any atom is 0.227 e. The van der Waals surface area contributed by atoms with Gasteiger partial charge in [-0.15, -0.1) is 0 Å². The number of halogens is 1. The number of benzene rings is 1. The zero-order valence-corrected chi connectivity index (χ0v) is 13.3. The van der Waals surface area contributed by atoms with Crippen molar-refractivity contribution in [2.24, 2.45) is 0 Å². The van der Waals surface area contributed by atoms with E-state index in [-0.39, 0.29) is 24.6 Å². The normalized spacial score (nSPS) is 20.9. The molecule has 1 aliphatic heterocycles. The van der Waals surface area contributed by atoms with Gasteiger partial charge in [-0.25, -0.2) is 4.39 Å². The van der Waals surface area contributed by atoms with E-state index in [0.717, 1.165) is 0 Å². The molecule has 128 valence electrons. The molecule has 2 N–H and O–H groups in total. The molecule has 3 rings (SSSR count). The lowest BCUT2D eigenvalue weighted by atomic mass is 9.89. The van der Waals surface area contributed by atoms with Crippen LogP contribution in [0.3, 0.4) is 0 Å². The summed E-state index contributed by atoms with van der Waals surface area (Å²) in [5.74, 6) is -0.522. The molecular weight excluding hydrogens is 315 g/mol. The molecule has 1 aliphatic rings. The van der Waals surface area contributed by atoms with Gasteiger partial charge in [0.15, 0.2) is 11.6 Å². The number of amides is 1. The van der Waals surface area contributed by atoms with E-state index >= 15 is 0 Å². The molecule has 24 heavy (non-hydrogen) atoms. The minimum atomic E-state index is -1.20. The molecule has 2 aromatic rings. The standard InChI is InChI=1S/C16H19FN4O3/c1-24-13-4-3-11(7-12(13)17)8-15(22)21-6-2-5-16(23,10-21)14-9-18-20-19-14/h3-4,7,9,23H,2,5-6,8,10H2,1H3,(H,18,19,20). The Hall–Kier alpha value is -2.48. The molecule has 1 aromatic carbocycles. The predicted octanol–water partition coefficient (Wildman–Crippen LogP) is 1.01. The molecule has 0 saturated carbocycles. The number of carbonyl (C=O) groups excluding carboxylic acids is 1. The average molecular weight is 334 g/mol. The maximum atomic E-state index is 13.7. The summed E-state index contributed by atoms with van der Waals surface area (Å²) < 4.78 is 18.6. The minimum absolute atomic E-state index is 0.0653.